The number of aliphatic hydroxyl groups is 2. The maximum absolute atomic E-state index is 14.1. The number of ether oxygens (including phenoxy) is 1. The highest BCUT2D eigenvalue weighted by atomic mass is 19.2. The second-order valence-electron chi connectivity index (χ2n) is 10.6. The number of rotatable bonds is 9. The number of hydrogen-bond donors (Lipinski definition) is 3. The van der Waals surface area contributed by atoms with Crippen molar-refractivity contribution in [3.05, 3.63) is 54.5 Å². The second-order valence-corrected chi connectivity index (χ2v) is 10.6. The van der Waals surface area contributed by atoms with Crippen molar-refractivity contribution in [2.24, 2.45) is 0 Å². The Morgan fingerprint density at radius 2 is 1.95 bits per heavy atom. The summed E-state index contributed by atoms with van der Waals surface area (Å²) in [6.45, 7) is 5.99. The summed E-state index contributed by atoms with van der Waals surface area (Å²) in [4.78, 5) is 4.55. The molecule has 3 N–H and O–H groups in total. The summed E-state index contributed by atoms with van der Waals surface area (Å²) < 4.78 is 37.1. The van der Waals surface area contributed by atoms with Crippen molar-refractivity contribution in [2.45, 2.75) is 76.9 Å². The standard InChI is InChI=1S/C28H34F2N6O3/c1-4-31-25-12-22-20(14-32-25)27(17-13-33-35(15-17)16-24(37)28(2,3)38)34-36(22)18-8-10-19(11-9-18)39-23-7-5-6-21(29)26(23)30/h5-7,12-15,18-19,24,37-38H,4,8-11,16H2,1-3H3,(H,31,32)/t18?,19?,24-/m1/s1. The Bertz CT molecular complexity index is 1440. The van der Waals surface area contributed by atoms with Crippen molar-refractivity contribution in [2.75, 3.05) is 11.9 Å². The molecule has 0 saturated heterocycles. The molecule has 1 aromatic carbocycles. The number of pyridine rings is 1. The number of hydrogen-bond acceptors (Lipinski definition) is 7. The number of aliphatic hydroxyl groups excluding tert-OH is 1. The van der Waals surface area contributed by atoms with Gasteiger partial charge in [-0.3, -0.25) is 9.36 Å². The fourth-order valence-electron chi connectivity index (χ4n) is 4.95. The molecule has 0 unspecified atom stereocenters. The van der Waals surface area contributed by atoms with Crippen LogP contribution < -0.4 is 10.1 Å². The van der Waals surface area contributed by atoms with E-state index in [0.717, 1.165) is 53.4 Å². The summed E-state index contributed by atoms with van der Waals surface area (Å²) in [6.07, 6.45) is 6.97. The van der Waals surface area contributed by atoms with Gasteiger partial charge >= 0.3 is 0 Å². The Morgan fingerprint density at radius 3 is 2.67 bits per heavy atom. The first-order valence-corrected chi connectivity index (χ1v) is 13.3. The van der Waals surface area contributed by atoms with Crippen LogP contribution in [0.15, 0.2) is 42.9 Å². The van der Waals surface area contributed by atoms with Crippen molar-refractivity contribution in [3.8, 4) is 17.0 Å². The molecule has 3 aromatic heterocycles. The van der Waals surface area contributed by atoms with Gasteiger partial charge < -0.3 is 20.3 Å². The molecule has 0 bridgehead atoms. The molecule has 0 radical (unpaired) electrons. The van der Waals surface area contributed by atoms with Gasteiger partial charge in [-0.2, -0.15) is 14.6 Å². The first-order chi connectivity index (χ1) is 18.6. The van der Waals surface area contributed by atoms with E-state index in [1.165, 1.54) is 12.1 Å². The summed E-state index contributed by atoms with van der Waals surface area (Å²) in [5.74, 6) is -1.18. The van der Waals surface area contributed by atoms with Crippen LogP contribution in [0.4, 0.5) is 14.6 Å². The number of nitrogens with zero attached hydrogens (tertiary/aromatic N) is 5. The molecule has 1 aliphatic rings. The Balaban J connectivity index is 1.40. The van der Waals surface area contributed by atoms with Crippen molar-refractivity contribution < 1.29 is 23.7 Å². The first kappa shape index (κ1) is 27.0. The van der Waals surface area contributed by atoms with Crippen LogP contribution in [0.25, 0.3) is 22.2 Å². The molecule has 1 atom stereocenters. The molecule has 1 aliphatic carbocycles. The van der Waals surface area contributed by atoms with E-state index in [0.29, 0.717) is 12.8 Å². The van der Waals surface area contributed by atoms with Gasteiger partial charge in [0.25, 0.3) is 0 Å². The Labute approximate surface area is 225 Å². The van der Waals surface area contributed by atoms with Gasteiger partial charge in [0.2, 0.25) is 5.82 Å². The Hall–Kier alpha value is -3.57. The quantitative estimate of drug-likeness (QED) is 0.282. The highest BCUT2D eigenvalue weighted by Crippen LogP contribution is 2.37. The number of benzene rings is 1. The maximum atomic E-state index is 14.1. The zero-order chi connectivity index (χ0) is 27.7. The summed E-state index contributed by atoms with van der Waals surface area (Å²) >= 11 is 0. The fraction of sp³-hybridized carbons (Fsp3) is 0.464. The summed E-state index contributed by atoms with van der Waals surface area (Å²) in [6, 6.07) is 6.05. The van der Waals surface area contributed by atoms with Gasteiger partial charge in [-0.05, 0) is 58.6 Å². The summed E-state index contributed by atoms with van der Waals surface area (Å²) in [7, 11) is 0. The monoisotopic (exact) mass is 540 g/mol. The van der Waals surface area contributed by atoms with Crippen molar-refractivity contribution >= 4 is 16.7 Å². The van der Waals surface area contributed by atoms with Gasteiger partial charge in [-0.15, -0.1) is 0 Å². The number of halogens is 2. The minimum Gasteiger partial charge on any atom is -0.487 e. The van der Waals surface area contributed by atoms with Crippen LogP contribution in [0.2, 0.25) is 0 Å². The van der Waals surface area contributed by atoms with Crippen LogP contribution in [0.5, 0.6) is 5.75 Å². The van der Waals surface area contributed by atoms with Gasteiger partial charge in [-0.1, -0.05) is 6.07 Å². The number of nitrogens with one attached hydrogen (secondary N) is 1. The molecule has 0 amide bonds. The van der Waals surface area contributed by atoms with Crippen molar-refractivity contribution in [1.29, 1.82) is 0 Å². The highest BCUT2D eigenvalue weighted by molar-refractivity contribution is 5.93. The first-order valence-electron chi connectivity index (χ1n) is 13.3. The lowest BCUT2D eigenvalue weighted by Crippen LogP contribution is -2.39. The smallest absolute Gasteiger partial charge is 0.200 e. The third kappa shape index (κ3) is 5.74. The van der Waals surface area contributed by atoms with Crippen LogP contribution in [-0.2, 0) is 6.54 Å². The maximum Gasteiger partial charge on any atom is 0.200 e. The van der Waals surface area contributed by atoms with Crippen LogP contribution in [0.1, 0.15) is 52.5 Å². The van der Waals surface area contributed by atoms with Gasteiger partial charge in [0.1, 0.15) is 17.6 Å². The van der Waals surface area contributed by atoms with E-state index in [-0.39, 0.29) is 24.4 Å². The van der Waals surface area contributed by atoms with E-state index in [1.807, 2.05) is 17.7 Å². The van der Waals surface area contributed by atoms with E-state index in [4.69, 9.17) is 9.84 Å². The van der Waals surface area contributed by atoms with E-state index < -0.39 is 23.3 Å². The Kier molecular flexibility index (Phi) is 7.55. The predicted octanol–water partition coefficient (Wildman–Crippen LogP) is 4.70. The number of aromatic nitrogens is 5. The van der Waals surface area contributed by atoms with Crippen LogP contribution in [0, 0.1) is 11.6 Å². The molecule has 0 aliphatic heterocycles. The lowest BCUT2D eigenvalue weighted by molar-refractivity contribution is -0.0566. The van der Waals surface area contributed by atoms with E-state index in [1.54, 1.807) is 37.1 Å². The van der Waals surface area contributed by atoms with Gasteiger partial charge in [0.15, 0.2) is 11.6 Å². The minimum absolute atomic E-state index is 0.0571. The molecule has 5 rings (SSSR count). The summed E-state index contributed by atoms with van der Waals surface area (Å²) in [5, 5.41) is 33.9. The van der Waals surface area contributed by atoms with Crippen molar-refractivity contribution in [1.82, 2.24) is 24.5 Å². The number of fused-ring (bicyclic) bond motifs is 1. The van der Waals surface area contributed by atoms with E-state index in [9.17, 15) is 19.0 Å². The molecular formula is C28H34F2N6O3. The van der Waals surface area contributed by atoms with Crippen LogP contribution >= 0.6 is 0 Å². The largest absolute Gasteiger partial charge is 0.487 e. The third-order valence-electron chi connectivity index (χ3n) is 7.23. The lowest BCUT2D eigenvalue weighted by Gasteiger charge is -2.29. The van der Waals surface area contributed by atoms with Crippen LogP contribution in [0.3, 0.4) is 0 Å². The highest BCUT2D eigenvalue weighted by Gasteiger charge is 2.29. The zero-order valence-electron chi connectivity index (χ0n) is 22.3. The molecule has 9 nitrogen and oxygen atoms in total. The molecule has 0 spiro atoms. The SMILES string of the molecule is CCNc1cc2c(cn1)c(-c1cnn(C[C@@H](O)C(C)(C)O)c1)nn2C1CCC(Oc2cccc(F)c2F)CC1. The predicted molar refractivity (Wildman–Crippen MR) is 143 cm³/mol. The average molecular weight is 541 g/mol. The average Bonchev–Trinajstić information content (AvgIpc) is 3.51. The summed E-state index contributed by atoms with van der Waals surface area (Å²) in [5.41, 5.74) is 1.18. The molecule has 1 saturated carbocycles. The normalized spacial score (nSPS) is 18.8. The second kappa shape index (κ2) is 10.9. The molecular weight excluding hydrogens is 506 g/mol. The molecule has 208 valence electrons. The van der Waals surface area contributed by atoms with Crippen molar-refractivity contribution in [3.63, 3.8) is 0 Å². The zero-order valence-corrected chi connectivity index (χ0v) is 22.3. The van der Waals surface area contributed by atoms with Gasteiger partial charge in [0.05, 0.1) is 36.0 Å². The molecule has 3 heterocycles. The van der Waals surface area contributed by atoms with Crippen LogP contribution in [-0.4, -0.2) is 59.1 Å². The Morgan fingerprint density at radius 1 is 1.18 bits per heavy atom. The number of anilines is 1. The van der Waals surface area contributed by atoms with E-state index >= 15 is 0 Å². The third-order valence-corrected chi connectivity index (χ3v) is 7.23. The lowest BCUT2D eigenvalue weighted by atomic mass is 9.93. The van der Waals surface area contributed by atoms with Gasteiger partial charge in [-0.25, -0.2) is 9.37 Å². The molecule has 39 heavy (non-hydrogen) atoms. The van der Waals surface area contributed by atoms with E-state index in [2.05, 4.69) is 15.4 Å². The molecule has 1 fully saturated rings. The molecule has 11 heteroatoms. The minimum atomic E-state index is -1.25. The fourth-order valence-corrected chi connectivity index (χ4v) is 4.95. The topological polar surface area (TPSA) is 110 Å². The molecule has 4 aromatic rings. The van der Waals surface area contributed by atoms with Gasteiger partial charge in [0, 0.05) is 36.0 Å².